The van der Waals surface area contributed by atoms with Gasteiger partial charge in [-0.1, -0.05) is 6.07 Å². The normalized spacial score (nSPS) is 18.6. The average molecular weight is 380 g/mol. The zero-order valence-corrected chi connectivity index (χ0v) is 15.0. The van der Waals surface area contributed by atoms with Gasteiger partial charge in [0.1, 0.15) is 5.75 Å². The first-order valence-electron chi connectivity index (χ1n) is 8.90. The summed E-state index contributed by atoms with van der Waals surface area (Å²) in [6, 6.07) is 9.57. The monoisotopic (exact) mass is 380 g/mol. The molecule has 0 saturated carbocycles. The van der Waals surface area contributed by atoms with Crippen molar-refractivity contribution in [3.63, 3.8) is 0 Å². The van der Waals surface area contributed by atoms with Crippen LogP contribution in [0.2, 0.25) is 0 Å². The van der Waals surface area contributed by atoms with Crippen molar-refractivity contribution >= 4 is 10.8 Å². The number of hydrogen-bond donors (Lipinski definition) is 1. The number of rotatable bonds is 2. The Balaban J connectivity index is 1.73. The molecule has 3 aromatic carbocycles. The Morgan fingerprint density at radius 3 is 2.32 bits per heavy atom. The molecule has 3 heterocycles. The van der Waals surface area contributed by atoms with Gasteiger partial charge in [-0.2, -0.15) is 0 Å². The third-order valence-electron chi connectivity index (χ3n) is 5.39. The molecule has 0 aromatic heterocycles. The minimum absolute atomic E-state index is 0.179. The van der Waals surface area contributed by atoms with Crippen LogP contribution >= 0.6 is 0 Å². The van der Waals surface area contributed by atoms with Gasteiger partial charge in [0.05, 0.1) is 13.7 Å². The van der Waals surface area contributed by atoms with Gasteiger partial charge in [-0.3, -0.25) is 0 Å². The maximum Gasteiger partial charge on any atom is 0.231 e. The van der Waals surface area contributed by atoms with Crippen molar-refractivity contribution in [2.75, 3.05) is 20.7 Å². The summed E-state index contributed by atoms with van der Waals surface area (Å²) in [5.41, 5.74) is 3.26. The van der Waals surface area contributed by atoms with E-state index in [9.17, 15) is 5.11 Å². The molecule has 0 saturated heterocycles. The number of aliphatic hydroxyl groups is 1. The lowest BCUT2D eigenvalue weighted by atomic mass is 9.89. The summed E-state index contributed by atoms with van der Waals surface area (Å²) in [7, 11) is 1.62. The highest BCUT2D eigenvalue weighted by molar-refractivity contribution is 6.05. The van der Waals surface area contributed by atoms with Crippen molar-refractivity contribution in [2.24, 2.45) is 0 Å². The Morgan fingerprint density at radius 1 is 0.893 bits per heavy atom. The molecular formula is C21H16O7. The van der Waals surface area contributed by atoms with Crippen LogP contribution in [0.1, 0.15) is 17.4 Å². The predicted octanol–water partition coefficient (Wildman–Crippen LogP) is 3.49. The Bertz CT molecular complexity index is 1140. The SMILES string of the molecule is COc1c2c(c(-c3ccc4c(c3)OCO4)c3cc4c(cc13)OCO4)C(O)OC2. The van der Waals surface area contributed by atoms with Crippen LogP contribution in [0, 0.1) is 0 Å². The van der Waals surface area contributed by atoms with Gasteiger partial charge >= 0.3 is 0 Å². The molecule has 1 N–H and O–H groups in total. The molecule has 0 radical (unpaired) electrons. The number of methoxy groups -OCH3 is 1. The lowest BCUT2D eigenvalue weighted by molar-refractivity contribution is -0.0916. The lowest BCUT2D eigenvalue weighted by Gasteiger charge is -2.18. The molecule has 0 fully saturated rings. The third kappa shape index (κ3) is 2.05. The molecule has 3 aliphatic heterocycles. The van der Waals surface area contributed by atoms with E-state index in [1.165, 1.54) is 0 Å². The standard InChI is InChI=1S/C21H16O7/c1-23-20-12-6-17-16(27-9-28-17)5-11(12)18(19-13(20)7-24-21(19)22)10-2-3-14-15(4-10)26-8-25-14/h2-6,21-22H,7-9H2,1H3. The summed E-state index contributed by atoms with van der Waals surface area (Å²) in [4.78, 5) is 0. The Morgan fingerprint density at radius 2 is 1.57 bits per heavy atom. The summed E-state index contributed by atoms with van der Waals surface area (Å²) in [6.45, 7) is 0.644. The molecule has 3 aromatic rings. The number of benzene rings is 3. The molecular weight excluding hydrogens is 364 g/mol. The molecule has 28 heavy (non-hydrogen) atoms. The molecule has 1 unspecified atom stereocenters. The number of hydrogen-bond acceptors (Lipinski definition) is 7. The van der Waals surface area contributed by atoms with Gasteiger partial charge in [0.25, 0.3) is 0 Å². The van der Waals surface area contributed by atoms with E-state index < -0.39 is 6.29 Å². The van der Waals surface area contributed by atoms with Gasteiger partial charge in [0.2, 0.25) is 13.6 Å². The predicted molar refractivity (Wildman–Crippen MR) is 97.9 cm³/mol. The molecule has 7 nitrogen and oxygen atoms in total. The van der Waals surface area contributed by atoms with Gasteiger partial charge in [0, 0.05) is 16.5 Å². The molecule has 7 heteroatoms. The fourth-order valence-electron chi connectivity index (χ4n) is 4.18. The van der Waals surface area contributed by atoms with Crippen molar-refractivity contribution in [2.45, 2.75) is 12.9 Å². The fraction of sp³-hybridized carbons (Fsp3) is 0.238. The Kier molecular flexibility index (Phi) is 3.21. The minimum atomic E-state index is -1.04. The summed E-state index contributed by atoms with van der Waals surface area (Å²) < 4.78 is 33.4. The van der Waals surface area contributed by atoms with E-state index in [1.54, 1.807) is 7.11 Å². The van der Waals surface area contributed by atoms with Crippen LogP contribution in [-0.4, -0.2) is 25.8 Å². The van der Waals surface area contributed by atoms with Crippen molar-refractivity contribution in [1.29, 1.82) is 0 Å². The largest absolute Gasteiger partial charge is 0.496 e. The van der Waals surface area contributed by atoms with Gasteiger partial charge in [-0.25, -0.2) is 0 Å². The van der Waals surface area contributed by atoms with E-state index >= 15 is 0 Å². The smallest absolute Gasteiger partial charge is 0.231 e. The lowest BCUT2D eigenvalue weighted by Crippen LogP contribution is -2.00. The van der Waals surface area contributed by atoms with Gasteiger partial charge in [0.15, 0.2) is 29.3 Å². The molecule has 0 spiro atoms. The van der Waals surface area contributed by atoms with Gasteiger partial charge in [-0.05, 0) is 40.8 Å². The van der Waals surface area contributed by atoms with Crippen LogP contribution in [0.25, 0.3) is 21.9 Å². The summed E-state index contributed by atoms with van der Waals surface area (Å²) >= 11 is 0. The van der Waals surface area contributed by atoms with Crippen LogP contribution in [0.3, 0.4) is 0 Å². The molecule has 6 rings (SSSR count). The van der Waals surface area contributed by atoms with E-state index in [1.807, 2.05) is 30.3 Å². The van der Waals surface area contributed by atoms with Crippen molar-refractivity contribution in [3.05, 3.63) is 41.5 Å². The van der Waals surface area contributed by atoms with Crippen LogP contribution in [0.4, 0.5) is 0 Å². The highest BCUT2D eigenvalue weighted by Crippen LogP contribution is 2.51. The maximum absolute atomic E-state index is 10.6. The van der Waals surface area contributed by atoms with Crippen molar-refractivity contribution in [1.82, 2.24) is 0 Å². The second kappa shape index (κ2) is 5.67. The number of fused-ring (bicyclic) bond motifs is 4. The summed E-state index contributed by atoms with van der Waals surface area (Å²) in [6.07, 6.45) is -1.04. The van der Waals surface area contributed by atoms with E-state index in [0.29, 0.717) is 34.3 Å². The summed E-state index contributed by atoms with van der Waals surface area (Å²) in [5.74, 6) is 3.37. The van der Waals surface area contributed by atoms with Crippen LogP contribution in [-0.2, 0) is 11.3 Å². The quantitative estimate of drug-likeness (QED) is 0.729. The highest BCUT2D eigenvalue weighted by Gasteiger charge is 2.33. The second-order valence-corrected chi connectivity index (χ2v) is 6.78. The van der Waals surface area contributed by atoms with Gasteiger partial charge in [-0.15, -0.1) is 0 Å². The highest BCUT2D eigenvalue weighted by atomic mass is 16.7. The van der Waals surface area contributed by atoms with E-state index in [-0.39, 0.29) is 20.2 Å². The zero-order valence-electron chi connectivity index (χ0n) is 15.0. The van der Waals surface area contributed by atoms with E-state index in [2.05, 4.69) is 0 Å². The molecule has 0 bridgehead atoms. The number of aliphatic hydroxyl groups excluding tert-OH is 1. The summed E-state index contributed by atoms with van der Waals surface area (Å²) in [5, 5.41) is 12.3. The first kappa shape index (κ1) is 15.9. The van der Waals surface area contributed by atoms with Crippen LogP contribution in [0.5, 0.6) is 28.7 Å². The Hall–Kier alpha value is -3.16. The van der Waals surface area contributed by atoms with Crippen LogP contribution < -0.4 is 23.7 Å². The fourth-order valence-corrected chi connectivity index (χ4v) is 4.18. The average Bonchev–Trinajstić information content (AvgIpc) is 3.44. The maximum atomic E-state index is 10.6. The minimum Gasteiger partial charge on any atom is -0.496 e. The van der Waals surface area contributed by atoms with Gasteiger partial charge < -0.3 is 33.5 Å². The van der Waals surface area contributed by atoms with E-state index in [0.717, 1.165) is 27.5 Å². The topological polar surface area (TPSA) is 75.6 Å². The van der Waals surface area contributed by atoms with Crippen molar-refractivity contribution in [3.8, 4) is 39.9 Å². The number of ether oxygens (including phenoxy) is 6. The molecule has 142 valence electrons. The third-order valence-corrected chi connectivity index (χ3v) is 5.39. The molecule has 3 aliphatic rings. The van der Waals surface area contributed by atoms with E-state index in [4.69, 9.17) is 28.4 Å². The van der Waals surface area contributed by atoms with Crippen molar-refractivity contribution < 1.29 is 33.5 Å². The second-order valence-electron chi connectivity index (χ2n) is 6.78. The first-order valence-corrected chi connectivity index (χ1v) is 8.90. The zero-order chi connectivity index (χ0) is 18.8. The Labute approximate surface area is 159 Å². The molecule has 1 atom stereocenters. The molecule has 0 amide bonds. The molecule has 0 aliphatic carbocycles. The first-order chi connectivity index (χ1) is 13.7. The van der Waals surface area contributed by atoms with Crippen LogP contribution in [0.15, 0.2) is 30.3 Å².